The molecular weight excluding hydrogens is 312 g/mol. The van der Waals surface area contributed by atoms with Crippen LogP contribution in [0.4, 0.5) is 0 Å². The number of hydrogen-bond donors (Lipinski definition) is 2. The van der Waals surface area contributed by atoms with Gasteiger partial charge in [0.05, 0.1) is 0 Å². The Hall–Kier alpha value is -1.92. The molecule has 1 saturated heterocycles. The monoisotopic (exact) mass is 338 g/mol. The SMILES string of the molecule is C=C(CCC=C(C)CCC=C(C)C)C1OC(C(=O)O)C(C(=O)O)O1. The Morgan fingerprint density at radius 2 is 1.46 bits per heavy atom. The van der Waals surface area contributed by atoms with Gasteiger partial charge in [-0.15, -0.1) is 0 Å². The fourth-order valence-electron chi connectivity index (χ4n) is 2.32. The number of aliphatic carboxylic acids is 2. The summed E-state index contributed by atoms with van der Waals surface area (Å²) < 4.78 is 10.4. The van der Waals surface area contributed by atoms with Gasteiger partial charge >= 0.3 is 11.9 Å². The van der Waals surface area contributed by atoms with E-state index in [1.807, 2.05) is 0 Å². The zero-order valence-corrected chi connectivity index (χ0v) is 14.4. The van der Waals surface area contributed by atoms with Gasteiger partial charge in [-0.1, -0.05) is 29.9 Å². The molecule has 2 atom stereocenters. The second kappa shape index (κ2) is 9.39. The van der Waals surface area contributed by atoms with E-state index < -0.39 is 30.4 Å². The summed E-state index contributed by atoms with van der Waals surface area (Å²) in [5, 5.41) is 18.0. The summed E-state index contributed by atoms with van der Waals surface area (Å²) >= 11 is 0. The molecule has 0 saturated carbocycles. The van der Waals surface area contributed by atoms with Gasteiger partial charge < -0.3 is 19.7 Å². The van der Waals surface area contributed by atoms with Gasteiger partial charge in [0.25, 0.3) is 0 Å². The first-order valence-corrected chi connectivity index (χ1v) is 7.95. The molecule has 1 rings (SSSR count). The molecule has 24 heavy (non-hydrogen) atoms. The topological polar surface area (TPSA) is 93.1 Å². The van der Waals surface area contributed by atoms with E-state index in [0.29, 0.717) is 12.0 Å². The first kappa shape index (κ1) is 20.1. The lowest BCUT2D eigenvalue weighted by Gasteiger charge is -2.12. The second-order valence-corrected chi connectivity index (χ2v) is 6.19. The molecule has 1 fully saturated rings. The van der Waals surface area contributed by atoms with Crippen LogP contribution in [0, 0.1) is 0 Å². The Balaban J connectivity index is 2.47. The van der Waals surface area contributed by atoms with Gasteiger partial charge in [-0.25, -0.2) is 9.59 Å². The highest BCUT2D eigenvalue weighted by atomic mass is 16.7. The third kappa shape index (κ3) is 6.29. The predicted octanol–water partition coefficient (Wildman–Crippen LogP) is 3.29. The minimum atomic E-state index is -1.51. The van der Waals surface area contributed by atoms with Gasteiger partial charge in [0.2, 0.25) is 0 Å². The van der Waals surface area contributed by atoms with Gasteiger partial charge in [0.15, 0.2) is 18.5 Å². The van der Waals surface area contributed by atoms with Crippen LogP contribution in [0.2, 0.25) is 0 Å². The van der Waals surface area contributed by atoms with E-state index in [2.05, 4.69) is 39.5 Å². The highest BCUT2D eigenvalue weighted by Gasteiger charge is 2.46. The van der Waals surface area contributed by atoms with E-state index in [4.69, 9.17) is 19.7 Å². The Bertz CT molecular complexity index is 520. The minimum absolute atomic E-state index is 0.540. The van der Waals surface area contributed by atoms with Crippen LogP contribution in [0.1, 0.15) is 46.5 Å². The van der Waals surface area contributed by atoms with E-state index in [1.54, 1.807) is 0 Å². The lowest BCUT2D eigenvalue weighted by atomic mass is 10.1. The van der Waals surface area contributed by atoms with Gasteiger partial charge in [0.1, 0.15) is 0 Å². The van der Waals surface area contributed by atoms with Crippen LogP contribution in [0.3, 0.4) is 0 Å². The molecule has 2 N–H and O–H groups in total. The molecule has 1 aliphatic heterocycles. The summed E-state index contributed by atoms with van der Waals surface area (Å²) in [7, 11) is 0. The number of allylic oxidation sites excluding steroid dienone is 4. The molecule has 0 aromatic heterocycles. The van der Waals surface area contributed by atoms with Crippen LogP contribution < -0.4 is 0 Å². The maximum atomic E-state index is 11.0. The molecule has 1 heterocycles. The summed E-state index contributed by atoms with van der Waals surface area (Å²) in [6, 6.07) is 0. The van der Waals surface area contributed by atoms with Crippen molar-refractivity contribution in [2.75, 3.05) is 0 Å². The molecule has 0 amide bonds. The van der Waals surface area contributed by atoms with Crippen molar-refractivity contribution in [1.82, 2.24) is 0 Å². The largest absolute Gasteiger partial charge is 0.479 e. The van der Waals surface area contributed by atoms with E-state index in [9.17, 15) is 9.59 Å². The number of carboxylic acid groups (broad SMARTS) is 2. The summed E-state index contributed by atoms with van der Waals surface area (Å²) in [6.45, 7) is 10.0. The Labute approximate surface area is 142 Å². The first-order chi connectivity index (χ1) is 11.2. The molecule has 0 radical (unpaired) electrons. The summed E-state index contributed by atoms with van der Waals surface area (Å²) in [5.41, 5.74) is 3.10. The maximum absolute atomic E-state index is 11.0. The van der Waals surface area contributed by atoms with Crippen LogP contribution >= 0.6 is 0 Å². The quantitative estimate of drug-likeness (QED) is 0.627. The predicted molar refractivity (Wildman–Crippen MR) is 89.6 cm³/mol. The maximum Gasteiger partial charge on any atom is 0.336 e. The molecule has 0 aliphatic carbocycles. The number of ether oxygens (including phenoxy) is 2. The van der Waals surface area contributed by atoms with Gasteiger partial charge in [0, 0.05) is 0 Å². The van der Waals surface area contributed by atoms with Crippen LogP contribution in [-0.4, -0.2) is 40.6 Å². The minimum Gasteiger partial charge on any atom is -0.479 e. The molecule has 6 nitrogen and oxygen atoms in total. The number of carboxylic acids is 2. The zero-order chi connectivity index (χ0) is 18.3. The number of carbonyl (C=O) groups is 2. The van der Waals surface area contributed by atoms with Gasteiger partial charge in [-0.3, -0.25) is 0 Å². The summed E-state index contributed by atoms with van der Waals surface area (Å²) in [4.78, 5) is 22.0. The molecule has 2 unspecified atom stereocenters. The highest BCUT2D eigenvalue weighted by Crippen LogP contribution is 2.26. The van der Waals surface area contributed by atoms with Crippen molar-refractivity contribution in [3.05, 3.63) is 35.5 Å². The van der Waals surface area contributed by atoms with Crippen LogP contribution in [0.5, 0.6) is 0 Å². The lowest BCUT2D eigenvalue weighted by molar-refractivity contribution is -0.156. The van der Waals surface area contributed by atoms with Crippen molar-refractivity contribution in [3.63, 3.8) is 0 Å². The average molecular weight is 338 g/mol. The fourth-order valence-corrected chi connectivity index (χ4v) is 2.32. The smallest absolute Gasteiger partial charge is 0.336 e. The van der Waals surface area contributed by atoms with Crippen LogP contribution in [0.25, 0.3) is 0 Å². The Morgan fingerprint density at radius 1 is 0.958 bits per heavy atom. The number of hydrogen-bond acceptors (Lipinski definition) is 4. The molecule has 0 aromatic rings. The fraction of sp³-hybridized carbons (Fsp3) is 0.556. The van der Waals surface area contributed by atoms with E-state index >= 15 is 0 Å². The van der Waals surface area contributed by atoms with E-state index in [-0.39, 0.29) is 0 Å². The molecular formula is C18H26O6. The Morgan fingerprint density at radius 3 is 1.92 bits per heavy atom. The van der Waals surface area contributed by atoms with Crippen molar-refractivity contribution in [2.45, 2.75) is 65.0 Å². The number of rotatable bonds is 9. The van der Waals surface area contributed by atoms with Gasteiger partial charge in [-0.2, -0.15) is 0 Å². The van der Waals surface area contributed by atoms with Crippen LogP contribution in [-0.2, 0) is 19.1 Å². The van der Waals surface area contributed by atoms with Crippen molar-refractivity contribution in [2.24, 2.45) is 0 Å². The van der Waals surface area contributed by atoms with Crippen molar-refractivity contribution in [1.29, 1.82) is 0 Å². The van der Waals surface area contributed by atoms with E-state index in [1.165, 1.54) is 11.1 Å². The lowest BCUT2D eigenvalue weighted by Crippen LogP contribution is -2.36. The normalized spacial score (nSPS) is 23.8. The van der Waals surface area contributed by atoms with Crippen molar-refractivity contribution < 1.29 is 29.3 Å². The molecule has 134 valence electrons. The molecule has 1 aliphatic rings. The first-order valence-electron chi connectivity index (χ1n) is 7.95. The standard InChI is InChI=1S/C18H26O6/c1-11(2)7-5-8-12(3)9-6-10-13(4)18-23-14(16(19)20)15(24-18)17(21)22/h7,9,14-15,18H,4-6,8,10H2,1-3H3,(H,19,20)(H,21,22). The Kier molecular flexibility index (Phi) is 7.88. The third-order valence-electron chi connectivity index (χ3n) is 3.69. The van der Waals surface area contributed by atoms with Gasteiger partial charge in [-0.05, 0) is 52.0 Å². The molecule has 0 bridgehead atoms. The molecule has 0 aromatic carbocycles. The average Bonchev–Trinajstić information content (AvgIpc) is 2.92. The third-order valence-corrected chi connectivity index (χ3v) is 3.69. The van der Waals surface area contributed by atoms with E-state index in [0.717, 1.165) is 19.3 Å². The summed E-state index contributed by atoms with van der Waals surface area (Å²) in [5.74, 6) is -2.71. The zero-order valence-electron chi connectivity index (χ0n) is 14.4. The molecule has 0 spiro atoms. The highest BCUT2D eigenvalue weighted by molar-refractivity contribution is 5.84. The summed E-state index contributed by atoms with van der Waals surface area (Å²) in [6.07, 6.45) is 3.53. The second-order valence-electron chi connectivity index (χ2n) is 6.19. The van der Waals surface area contributed by atoms with Crippen molar-refractivity contribution >= 4 is 11.9 Å². The van der Waals surface area contributed by atoms with Crippen LogP contribution in [0.15, 0.2) is 35.5 Å². The van der Waals surface area contributed by atoms with Crippen molar-refractivity contribution in [3.8, 4) is 0 Å². The molecule has 6 heteroatoms.